The third-order valence-corrected chi connectivity index (χ3v) is 3.19. The monoisotopic (exact) mass is 383 g/mol. The number of rotatable bonds is 7. The Bertz CT molecular complexity index is 753. The first-order chi connectivity index (χ1) is 12.4. The smallest absolute Gasteiger partial charge is 0.407 e. The lowest BCUT2D eigenvalue weighted by Gasteiger charge is -2.20. The second-order valence-corrected chi connectivity index (χ2v) is 6.68. The largest absolute Gasteiger partial charge is 0.466 e. The summed E-state index contributed by atoms with van der Waals surface area (Å²) >= 11 is 0. The lowest BCUT2D eigenvalue weighted by Crippen LogP contribution is -2.33. The summed E-state index contributed by atoms with van der Waals surface area (Å²) in [5.74, 6) is -3.62. The maximum Gasteiger partial charge on any atom is 0.407 e. The number of amides is 1. The van der Waals surface area contributed by atoms with E-state index >= 15 is 0 Å². The van der Waals surface area contributed by atoms with Crippen LogP contribution in [0.25, 0.3) is 5.57 Å². The predicted octanol–water partition coefficient (Wildman–Crippen LogP) is 3.64. The highest BCUT2D eigenvalue weighted by Gasteiger charge is 2.21. The van der Waals surface area contributed by atoms with Crippen molar-refractivity contribution >= 4 is 23.4 Å². The number of benzene rings is 1. The standard InChI is InChI=1S/C19H23F2NO5/c1-6-26-17(24)9-16(23)13-8-14(20)12(7-15(13)21)11(2)10-22-18(25)27-19(3,4)5/h7-8H,2,6,9-10H2,1,3-5H3,(H,22,25). The van der Waals surface area contributed by atoms with Crippen LogP contribution in [-0.4, -0.2) is 36.6 Å². The molecule has 6 nitrogen and oxygen atoms in total. The van der Waals surface area contributed by atoms with Crippen molar-refractivity contribution in [3.8, 4) is 0 Å². The molecule has 148 valence electrons. The Hall–Kier alpha value is -2.77. The van der Waals surface area contributed by atoms with Gasteiger partial charge in [-0.05, 0) is 45.4 Å². The van der Waals surface area contributed by atoms with Crippen LogP contribution in [-0.2, 0) is 14.3 Å². The van der Waals surface area contributed by atoms with E-state index in [9.17, 15) is 23.2 Å². The van der Waals surface area contributed by atoms with Crippen molar-refractivity contribution in [3.05, 3.63) is 41.5 Å². The number of ether oxygens (including phenoxy) is 2. The number of nitrogens with one attached hydrogen (secondary N) is 1. The quantitative estimate of drug-likeness (QED) is 0.442. The zero-order valence-corrected chi connectivity index (χ0v) is 15.8. The third kappa shape index (κ3) is 7.16. The summed E-state index contributed by atoms with van der Waals surface area (Å²) in [5.41, 5.74) is -1.38. The number of carbonyl (C=O) groups is 3. The molecule has 0 radical (unpaired) electrons. The molecule has 0 spiro atoms. The fourth-order valence-corrected chi connectivity index (χ4v) is 2.06. The molecule has 0 aromatic heterocycles. The molecule has 0 fully saturated rings. The molecule has 0 saturated heterocycles. The van der Waals surface area contributed by atoms with Gasteiger partial charge in [-0.15, -0.1) is 0 Å². The number of alkyl carbamates (subject to hydrolysis) is 1. The fraction of sp³-hybridized carbons (Fsp3) is 0.421. The fourth-order valence-electron chi connectivity index (χ4n) is 2.06. The molecule has 27 heavy (non-hydrogen) atoms. The van der Waals surface area contributed by atoms with E-state index in [0.717, 1.165) is 6.07 Å². The van der Waals surface area contributed by atoms with Crippen molar-refractivity contribution in [2.75, 3.05) is 13.2 Å². The lowest BCUT2D eigenvalue weighted by molar-refractivity contribution is -0.141. The van der Waals surface area contributed by atoms with E-state index in [1.165, 1.54) is 0 Å². The first-order valence-corrected chi connectivity index (χ1v) is 8.27. The number of halogens is 2. The molecule has 1 rings (SSSR count). The number of esters is 1. The van der Waals surface area contributed by atoms with Gasteiger partial charge in [-0.2, -0.15) is 0 Å². The summed E-state index contributed by atoms with van der Waals surface area (Å²) < 4.78 is 38.1. The highest BCUT2D eigenvalue weighted by Crippen LogP contribution is 2.22. The Morgan fingerprint density at radius 3 is 2.22 bits per heavy atom. The molecule has 0 atom stereocenters. The molecule has 1 N–H and O–H groups in total. The normalized spacial score (nSPS) is 10.9. The molecule has 0 aliphatic heterocycles. The summed E-state index contributed by atoms with van der Waals surface area (Å²) in [6.45, 7) is 10.1. The van der Waals surface area contributed by atoms with Gasteiger partial charge in [0.1, 0.15) is 23.7 Å². The van der Waals surface area contributed by atoms with Crippen molar-refractivity contribution in [1.82, 2.24) is 5.32 Å². The maximum absolute atomic E-state index is 14.3. The Morgan fingerprint density at radius 1 is 1.11 bits per heavy atom. The van der Waals surface area contributed by atoms with E-state index in [4.69, 9.17) is 4.74 Å². The summed E-state index contributed by atoms with van der Waals surface area (Å²) in [4.78, 5) is 34.9. The van der Waals surface area contributed by atoms with Crippen LogP contribution in [0.3, 0.4) is 0 Å². The van der Waals surface area contributed by atoms with Crippen LogP contribution >= 0.6 is 0 Å². The molecule has 0 aliphatic carbocycles. The molecule has 0 saturated carbocycles. The summed E-state index contributed by atoms with van der Waals surface area (Å²) in [5, 5.41) is 2.38. The zero-order chi connectivity index (χ0) is 20.8. The number of ketones is 1. The van der Waals surface area contributed by atoms with Gasteiger partial charge >= 0.3 is 12.1 Å². The van der Waals surface area contributed by atoms with Crippen molar-refractivity contribution in [2.45, 2.75) is 39.7 Å². The van der Waals surface area contributed by atoms with Crippen LogP contribution in [0.1, 0.15) is 50.0 Å². The van der Waals surface area contributed by atoms with Gasteiger partial charge in [-0.1, -0.05) is 6.58 Å². The van der Waals surface area contributed by atoms with Gasteiger partial charge in [0, 0.05) is 12.1 Å². The molecule has 0 heterocycles. The molecule has 1 aromatic rings. The first-order valence-electron chi connectivity index (χ1n) is 8.27. The highest BCUT2D eigenvalue weighted by atomic mass is 19.1. The molecule has 1 amide bonds. The summed E-state index contributed by atoms with van der Waals surface area (Å²) in [6, 6.07) is 1.50. The van der Waals surface area contributed by atoms with Gasteiger partial charge in [0.15, 0.2) is 5.78 Å². The Labute approximate surface area is 156 Å². The molecular weight excluding hydrogens is 360 g/mol. The predicted molar refractivity (Wildman–Crippen MR) is 95.2 cm³/mol. The summed E-state index contributed by atoms with van der Waals surface area (Å²) in [6.07, 6.45) is -1.42. The zero-order valence-electron chi connectivity index (χ0n) is 15.8. The van der Waals surface area contributed by atoms with E-state index in [1.807, 2.05) is 0 Å². The van der Waals surface area contributed by atoms with Gasteiger partial charge in [0.05, 0.1) is 12.2 Å². The Kier molecular flexibility index (Phi) is 7.63. The molecule has 8 heteroatoms. The van der Waals surface area contributed by atoms with Gasteiger partial charge in [-0.25, -0.2) is 13.6 Å². The number of hydrogen-bond donors (Lipinski definition) is 1. The van der Waals surface area contributed by atoms with E-state index < -0.39 is 47.1 Å². The lowest BCUT2D eigenvalue weighted by atomic mass is 10.0. The van der Waals surface area contributed by atoms with Crippen LogP contribution < -0.4 is 5.32 Å². The first kappa shape index (κ1) is 22.3. The second kappa shape index (κ2) is 9.25. The van der Waals surface area contributed by atoms with Crippen LogP contribution in [0.5, 0.6) is 0 Å². The average Bonchev–Trinajstić information content (AvgIpc) is 2.52. The minimum Gasteiger partial charge on any atom is -0.466 e. The average molecular weight is 383 g/mol. The van der Waals surface area contributed by atoms with Crippen molar-refractivity contribution < 1.29 is 32.6 Å². The maximum atomic E-state index is 14.3. The molecule has 1 aromatic carbocycles. The molecule has 0 bridgehead atoms. The number of carbonyl (C=O) groups excluding carboxylic acids is 3. The van der Waals surface area contributed by atoms with Gasteiger partial charge in [-0.3, -0.25) is 9.59 Å². The van der Waals surface area contributed by atoms with Gasteiger partial charge < -0.3 is 14.8 Å². The van der Waals surface area contributed by atoms with Crippen molar-refractivity contribution in [3.63, 3.8) is 0 Å². The topological polar surface area (TPSA) is 81.7 Å². The van der Waals surface area contributed by atoms with E-state index in [2.05, 4.69) is 16.6 Å². The number of hydrogen-bond acceptors (Lipinski definition) is 5. The van der Waals surface area contributed by atoms with E-state index in [1.54, 1.807) is 27.7 Å². The third-order valence-electron chi connectivity index (χ3n) is 3.19. The Morgan fingerprint density at radius 2 is 1.67 bits per heavy atom. The second-order valence-electron chi connectivity index (χ2n) is 6.68. The van der Waals surface area contributed by atoms with Crippen LogP contribution in [0, 0.1) is 11.6 Å². The van der Waals surface area contributed by atoms with Crippen LogP contribution in [0.4, 0.5) is 13.6 Å². The SMILES string of the molecule is C=C(CNC(=O)OC(C)(C)C)c1cc(F)c(C(=O)CC(=O)OCC)cc1F. The van der Waals surface area contributed by atoms with Gasteiger partial charge in [0.2, 0.25) is 0 Å². The minimum absolute atomic E-state index is 0.0758. The van der Waals surface area contributed by atoms with Crippen LogP contribution in [0.2, 0.25) is 0 Å². The molecule has 0 unspecified atom stereocenters. The highest BCUT2D eigenvalue weighted by molar-refractivity contribution is 6.06. The summed E-state index contributed by atoms with van der Waals surface area (Å²) in [7, 11) is 0. The van der Waals surface area contributed by atoms with Crippen molar-refractivity contribution in [1.29, 1.82) is 0 Å². The molecular formula is C19H23F2NO5. The van der Waals surface area contributed by atoms with Crippen molar-refractivity contribution in [2.24, 2.45) is 0 Å². The molecule has 0 aliphatic rings. The minimum atomic E-state index is -1.00. The number of Topliss-reactive ketones (excluding diaryl/α,β-unsaturated/α-hetero) is 1. The van der Waals surface area contributed by atoms with E-state index in [0.29, 0.717) is 6.07 Å². The van der Waals surface area contributed by atoms with Gasteiger partial charge in [0.25, 0.3) is 0 Å². The van der Waals surface area contributed by atoms with E-state index in [-0.39, 0.29) is 24.3 Å². The van der Waals surface area contributed by atoms with Crippen LogP contribution in [0.15, 0.2) is 18.7 Å². The Balaban J connectivity index is 2.85.